The molecule has 21 heavy (non-hydrogen) atoms. The number of nitro groups is 1. The predicted molar refractivity (Wildman–Crippen MR) is 76.9 cm³/mol. The summed E-state index contributed by atoms with van der Waals surface area (Å²) in [6, 6.07) is 6.62. The van der Waals surface area contributed by atoms with Gasteiger partial charge in [0.1, 0.15) is 6.07 Å². The number of rotatable bonds is 3. The molecule has 2 fully saturated rings. The zero-order chi connectivity index (χ0) is 15.2. The number of non-ortho nitro benzene ring substituents is 1. The maximum atomic E-state index is 10.8. The van der Waals surface area contributed by atoms with Gasteiger partial charge >= 0.3 is 0 Å². The molecule has 0 aromatic heterocycles. The first-order valence-corrected chi connectivity index (χ1v) is 7.02. The van der Waals surface area contributed by atoms with Crippen LogP contribution in [0.3, 0.4) is 0 Å². The SMILES string of the molecule is CC1(C)C(Nc2ccc([N+](=O)[O-])cc2C#N)C2CCOC21. The largest absolute Gasteiger partial charge is 0.380 e. The molecule has 1 heterocycles. The molecule has 3 atom stereocenters. The summed E-state index contributed by atoms with van der Waals surface area (Å²) in [7, 11) is 0. The van der Waals surface area contributed by atoms with Gasteiger partial charge in [0.2, 0.25) is 0 Å². The second-order valence-corrected chi connectivity index (χ2v) is 6.29. The molecule has 2 aliphatic rings. The molecule has 3 rings (SSSR count). The number of nitrogens with one attached hydrogen (secondary N) is 1. The van der Waals surface area contributed by atoms with Crippen LogP contribution in [0.2, 0.25) is 0 Å². The monoisotopic (exact) mass is 287 g/mol. The molecule has 110 valence electrons. The molecule has 0 radical (unpaired) electrons. The minimum Gasteiger partial charge on any atom is -0.380 e. The van der Waals surface area contributed by atoms with Gasteiger partial charge in [-0.25, -0.2) is 0 Å². The molecule has 6 nitrogen and oxygen atoms in total. The summed E-state index contributed by atoms with van der Waals surface area (Å²) in [5, 5.41) is 23.4. The number of hydrogen-bond donors (Lipinski definition) is 1. The lowest BCUT2D eigenvalue weighted by molar-refractivity contribution is -0.384. The highest BCUT2D eigenvalue weighted by Gasteiger charge is 2.59. The van der Waals surface area contributed by atoms with E-state index in [0.29, 0.717) is 17.2 Å². The van der Waals surface area contributed by atoms with E-state index in [1.807, 2.05) is 6.07 Å². The van der Waals surface area contributed by atoms with Gasteiger partial charge in [0.25, 0.3) is 5.69 Å². The first-order valence-electron chi connectivity index (χ1n) is 7.02. The molecule has 3 unspecified atom stereocenters. The van der Waals surface area contributed by atoms with E-state index in [1.54, 1.807) is 6.07 Å². The van der Waals surface area contributed by atoms with Crippen LogP contribution in [0.15, 0.2) is 18.2 Å². The van der Waals surface area contributed by atoms with Crippen LogP contribution >= 0.6 is 0 Å². The van der Waals surface area contributed by atoms with Gasteiger partial charge in [0.15, 0.2) is 0 Å². The van der Waals surface area contributed by atoms with Crippen LogP contribution in [-0.2, 0) is 4.74 Å². The van der Waals surface area contributed by atoms with E-state index in [0.717, 1.165) is 13.0 Å². The molecule has 1 aromatic rings. The Hall–Kier alpha value is -2.13. The van der Waals surface area contributed by atoms with Crippen LogP contribution in [0.25, 0.3) is 0 Å². The standard InChI is InChI=1S/C15H17N3O3/c1-15(2)13(11-5-6-21-14(11)15)17-12-4-3-10(18(19)20)7-9(12)8-16/h3-4,7,11,13-14,17H,5-6H2,1-2H3. The number of hydrogen-bond acceptors (Lipinski definition) is 5. The van der Waals surface area contributed by atoms with Crippen molar-refractivity contribution in [2.45, 2.75) is 32.4 Å². The first kappa shape index (κ1) is 13.8. The number of anilines is 1. The van der Waals surface area contributed by atoms with Gasteiger partial charge < -0.3 is 10.1 Å². The third-order valence-corrected chi connectivity index (χ3v) is 4.75. The maximum absolute atomic E-state index is 10.8. The van der Waals surface area contributed by atoms with E-state index in [2.05, 4.69) is 19.2 Å². The quantitative estimate of drug-likeness (QED) is 0.682. The first-order chi connectivity index (χ1) is 9.95. The fourth-order valence-electron chi connectivity index (χ4n) is 3.65. The molecule has 1 aromatic carbocycles. The summed E-state index contributed by atoms with van der Waals surface area (Å²) >= 11 is 0. The Morgan fingerprint density at radius 1 is 1.52 bits per heavy atom. The minimum absolute atomic E-state index is 0.00430. The lowest BCUT2D eigenvalue weighted by Gasteiger charge is -2.55. The Bertz CT molecular complexity index is 636. The second-order valence-electron chi connectivity index (χ2n) is 6.29. The summed E-state index contributed by atoms with van der Waals surface area (Å²) in [4.78, 5) is 10.3. The molecule has 1 saturated heterocycles. The van der Waals surface area contributed by atoms with Crippen LogP contribution in [0.4, 0.5) is 11.4 Å². The zero-order valence-electron chi connectivity index (χ0n) is 12.0. The minimum atomic E-state index is -0.487. The number of nitrogens with zero attached hydrogens (tertiary/aromatic N) is 2. The number of nitriles is 1. The highest BCUT2D eigenvalue weighted by molar-refractivity contribution is 5.62. The zero-order valence-corrected chi connectivity index (χ0v) is 12.0. The molecule has 0 amide bonds. The lowest BCUT2D eigenvalue weighted by atomic mass is 9.57. The van der Waals surface area contributed by atoms with E-state index < -0.39 is 4.92 Å². The molecule has 0 bridgehead atoms. The third-order valence-electron chi connectivity index (χ3n) is 4.75. The number of fused-ring (bicyclic) bond motifs is 1. The normalized spacial score (nSPS) is 29.1. The van der Waals surface area contributed by atoms with Crippen LogP contribution in [-0.4, -0.2) is 23.7 Å². The van der Waals surface area contributed by atoms with Crippen LogP contribution < -0.4 is 5.32 Å². The van der Waals surface area contributed by atoms with E-state index in [1.165, 1.54) is 12.1 Å². The van der Waals surface area contributed by atoms with E-state index in [9.17, 15) is 15.4 Å². The number of nitro benzene ring substituents is 1. The predicted octanol–water partition coefficient (Wildman–Crippen LogP) is 2.69. The van der Waals surface area contributed by atoms with Crippen molar-refractivity contribution in [2.75, 3.05) is 11.9 Å². The van der Waals surface area contributed by atoms with Crippen molar-refractivity contribution in [1.29, 1.82) is 5.26 Å². The van der Waals surface area contributed by atoms with E-state index >= 15 is 0 Å². The Balaban J connectivity index is 1.85. The Labute approximate surface area is 122 Å². The molecular formula is C15H17N3O3. The van der Waals surface area contributed by atoms with Crippen LogP contribution in [0.5, 0.6) is 0 Å². The summed E-state index contributed by atoms with van der Waals surface area (Å²) in [5.41, 5.74) is 0.899. The molecule has 1 aliphatic carbocycles. The fourth-order valence-corrected chi connectivity index (χ4v) is 3.65. The van der Waals surface area contributed by atoms with Gasteiger partial charge in [0, 0.05) is 36.1 Å². The van der Waals surface area contributed by atoms with Crippen molar-refractivity contribution in [3.8, 4) is 6.07 Å². The van der Waals surface area contributed by atoms with E-state index in [-0.39, 0.29) is 23.2 Å². The molecular weight excluding hydrogens is 270 g/mol. The van der Waals surface area contributed by atoms with Gasteiger partial charge in [-0.15, -0.1) is 0 Å². The smallest absolute Gasteiger partial charge is 0.270 e. The third kappa shape index (κ3) is 2.05. The topological polar surface area (TPSA) is 88.2 Å². The van der Waals surface area contributed by atoms with Crippen LogP contribution in [0.1, 0.15) is 25.8 Å². The lowest BCUT2D eigenvalue weighted by Crippen LogP contribution is -2.63. The van der Waals surface area contributed by atoms with Crippen molar-refractivity contribution in [3.63, 3.8) is 0 Å². The summed E-state index contributed by atoms with van der Waals surface area (Å²) in [5.74, 6) is 0.446. The fraction of sp³-hybridized carbons (Fsp3) is 0.533. The van der Waals surface area contributed by atoms with Gasteiger partial charge in [-0.3, -0.25) is 10.1 Å². The summed E-state index contributed by atoms with van der Waals surface area (Å²) in [6.45, 7) is 5.07. The van der Waals surface area contributed by atoms with Crippen LogP contribution in [0, 0.1) is 32.8 Å². The summed E-state index contributed by atoms with van der Waals surface area (Å²) < 4.78 is 5.75. The Morgan fingerprint density at radius 2 is 2.29 bits per heavy atom. The van der Waals surface area contributed by atoms with Gasteiger partial charge in [-0.2, -0.15) is 5.26 Å². The molecule has 0 spiro atoms. The molecule has 1 saturated carbocycles. The van der Waals surface area contributed by atoms with E-state index in [4.69, 9.17) is 4.74 Å². The van der Waals surface area contributed by atoms with Crippen molar-refractivity contribution in [2.24, 2.45) is 11.3 Å². The second kappa shape index (κ2) is 4.71. The Morgan fingerprint density at radius 3 is 2.95 bits per heavy atom. The van der Waals surface area contributed by atoms with Crippen molar-refractivity contribution >= 4 is 11.4 Å². The highest BCUT2D eigenvalue weighted by atomic mass is 16.6. The number of benzene rings is 1. The van der Waals surface area contributed by atoms with Gasteiger partial charge in [-0.1, -0.05) is 13.8 Å². The van der Waals surface area contributed by atoms with Crippen molar-refractivity contribution in [3.05, 3.63) is 33.9 Å². The Kier molecular flexibility index (Phi) is 3.10. The summed E-state index contributed by atoms with van der Waals surface area (Å²) in [6.07, 6.45) is 1.28. The van der Waals surface area contributed by atoms with Crippen molar-refractivity contribution in [1.82, 2.24) is 0 Å². The molecule has 1 aliphatic heterocycles. The molecule has 6 heteroatoms. The average molecular weight is 287 g/mol. The number of ether oxygens (including phenoxy) is 1. The molecule has 1 N–H and O–H groups in total. The highest BCUT2D eigenvalue weighted by Crippen LogP contribution is 2.53. The van der Waals surface area contributed by atoms with Crippen molar-refractivity contribution < 1.29 is 9.66 Å². The van der Waals surface area contributed by atoms with Gasteiger partial charge in [-0.05, 0) is 12.5 Å². The maximum Gasteiger partial charge on any atom is 0.270 e. The van der Waals surface area contributed by atoms with Gasteiger partial charge in [0.05, 0.1) is 22.3 Å². The average Bonchev–Trinajstić information content (AvgIpc) is 2.91.